The Bertz CT molecular complexity index is 691. The zero-order chi connectivity index (χ0) is 12.4. The summed E-state index contributed by atoms with van der Waals surface area (Å²) in [6.45, 7) is 0. The number of aromatic amines is 1. The molecule has 2 aromatic heterocycles. The number of nitrogens with zero attached hydrogens (tertiary/aromatic N) is 3. The van der Waals surface area contributed by atoms with Gasteiger partial charge in [0.1, 0.15) is 5.69 Å². The Morgan fingerprint density at radius 2 is 2.06 bits per heavy atom. The molecule has 0 aliphatic rings. The van der Waals surface area contributed by atoms with Gasteiger partial charge in [0.2, 0.25) is 0 Å². The molecule has 0 saturated heterocycles. The molecule has 5 heteroatoms. The lowest BCUT2D eigenvalue weighted by Gasteiger charge is -2.01. The molecule has 2 heterocycles. The standard InChI is InChI=1S/C13H10N4O/c18-13(12-8-14-17-16-12)7-10-6-5-9-3-1-2-4-11(9)15-10/h1-6,8H,7H2,(H,14,16,17). The molecule has 1 aromatic carbocycles. The van der Waals surface area contributed by atoms with E-state index >= 15 is 0 Å². The summed E-state index contributed by atoms with van der Waals surface area (Å²) in [5, 5.41) is 10.9. The van der Waals surface area contributed by atoms with Crippen molar-refractivity contribution in [3.05, 3.63) is 54.0 Å². The van der Waals surface area contributed by atoms with Gasteiger partial charge in [-0.2, -0.15) is 15.4 Å². The van der Waals surface area contributed by atoms with Crippen molar-refractivity contribution in [3.63, 3.8) is 0 Å². The van der Waals surface area contributed by atoms with Crippen LogP contribution in [0.1, 0.15) is 16.2 Å². The van der Waals surface area contributed by atoms with Gasteiger partial charge in [-0.15, -0.1) is 0 Å². The van der Waals surface area contributed by atoms with Crippen LogP contribution in [-0.2, 0) is 6.42 Å². The Labute approximate surface area is 103 Å². The van der Waals surface area contributed by atoms with E-state index in [0.717, 1.165) is 16.6 Å². The molecule has 0 atom stereocenters. The fraction of sp³-hybridized carbons (Fsp3) is 0.0769. The van der Waals surface area contributed by atoms with Gasteiger partial charge in [-0.05, 0) is 12.1 Å². The molecule has 0 amide bonds. The fourth-order valence-electron chi connectivity index (χ4n) is 1.80. The summed E-state index contributed by atoms with van der Waals surface area (Å²) < 4.78 is 0. The van der Waals surface area contributed by atoms with Crippen molar-refractivity contribution >= 4 is 16.7 Å². The van der Waals surface area contributed by atoms with Crippen LogP contribution in [0.2, 0.25) is 0 Å². The number of aromatic nitrogens is 4. The Morgan fingerprint density at radius 3 is 2.89 bits per heavy atom. The second-order valence-electron chi connectivity index (χ2n) is 3.95. The molecule has 3 rings (SSSR count). The molecule has 1 N–H and O–H groups in total. The smallest absolute Gasteiger partial charge is 0.190 e. The first kappa shape index (κ1) is 10.6. The lowest BCUT2D eigenvalue weighted by molar-refractivity contribution is 0.0987. The van der Waals surface area contributed by atoms with E-state index in [-0.39, 0.29) is 12.2 Å². The highest BCUT2D eigenvalue weighted by molar-refractivity contribution is 5.95. The van der Waals surface area contributed by atoms with Crippen LogP contribution >= 0.6 is 0 Å². The molecule has 88 valence electrons. The van der Waals surface area contributed by atoms with Crippen LogP contribution in [-0.4, -0.2) is 26.2 Å². The highest BCUT2D eigenvalue weighted by Gasteiger charge is 2.10. The molecule has 5 nitrogen and oxygen atoms in total. The minimum atomic E-state index is -0.0912. The first-order valence-electron chi connectivity index (χ1n) is 5.56. The van der Waals surface area contributed by atoms with Crippen molar-refractivity contribution in [3.8, 4) is 0 Å². The number of fused-ring (bicyclic) bond motifs is 1. The summed E-state index contributed by atoms with van der Waals surface area (Å²) in [6.07, 6.45) is 1.65. The predicted molar refractivity (Wildman–Crippen MR) is 66.2 cm³/mol. The largest absolute Gasteiger partial charge is 0.292 e. The maximum Gasteiger partial charge on any atom is 0.190 e. The maximum atomic E-state index is 11.8. The highest BCUT2D eigenvalue weighted by Crippen LogP contribution is 2.12. The normalized spacial score (nSPS) is 10.7. The van der Waals surface area contributed by atoms with Crippen LogP contribution in [0.3, 0.4) is 0 Å². The van der Waals surface area contributed by atoms with Gasteiger partial charge >= 0.3 is 0 Å². The first-order chi connectivity index (χ1) is 8.83. The van der Waals surface area contributed by atoms with Crippen molar-refractivity contribution in [2.24, 2.45) is 0 Å². The topological polar surface area (TPSA) is 71.5 Å². The van der Waals surface area contributed by atoms with E-state index in [1.54, 1.807) is 0 Å². The zero-order valence-electron chi connectivity index (χ0n) is 9.50. The molecule has 0 aliphatic carbocycles. The molecular formula is C13H10N4O. The van der Waals surface area contributed by atoms with Crippen LogP contribution in [0.5, 0.6) is 0 Å². The minimum Gasteiger partial charge on any atom is -0.292 e. The molecule has 0 radical (unpaired) electrons. The van der Waals surface area contributed by atoms with Crippen LogP contribution in [0.25, 0.3) is 10.9 Å². The number of para-hydroxylation sites is 1. The SMILES string of the molecule is O=C(Cc1ccc2ccccc2n1)c1cn[nH]n1. The van der Waals surface area contributed by atoms with Crippen LogP contribution < -0.4 is 0 Å². The van der Waals surface area contributed by atoms with E-state index in [2.05, 4.69) is 20.4 Å². The first-order valence-corrected chi connectivity index (χ1v) is 5.56. The maximum absolute atomic E-state index is 11.8. The third-order valence-electron chi connectivity index (χ3n) is 2.70. The number of hydrogen-bond donors (Lipinski definition) is 1. The predicted octanol–water partition coefficient (Wildman–Crippen LogP) is 1.78. The van der Waals surface area contributed by atoms with Crippen molar-refractivity contribution in [2.75, 3.05) is 0 Å². The minimum absolute atomic E-state index is 0.0912. The summed E-state index contributed by atoms with van der Waals surface area (Å²) in [4.78, 5) is 16.3. The van der Waals surface area contributed by atoms with Crippen LogP contribution in [0.15, 0.2) is 42.6 Å². The quantitative estimate of drug-likeness (QED) is 0.706. The molecule has 0 saturated carbocycles. The van der Waals surface area contributed by atoms with Crippen molar-refractivity contribution in [2.45, 2.75) is 6.42 Å². The number of Topliss-reactive ketones (excluding diaryl/α,β-unsaturated/α-hetero) is 1. The zero-order valence-corrected chi connectivity index (χ0v) is 9.50. The van der Waals surface area contributed by atoms with Gasteiger partial charge in [-0.3, -0.25) is 9.78 Å². The third-order valence-corrected chi connectivity index (χ3v) is 2.70. The lowest BCUT2D eigenvalue weighted by Crippen LogP contribution is -2.05. The van der Waals surface area contributed by atoms with Gasteiger partial charge in [0.15, 0.2) is 5.78 Å². The molecule has 3 aromatic rings. The Kier molecular flexibility index (Phi) is 2.57. The molecule has 0 bridgehead atoms. The number of carbonyl (C=O) groups excluding carboxylic acids is 1. The number of carbonyl (C=O) groups is 1. The molecular weight excluding hydrogens is 228 g/mol. The van der Waals surface area contributed by atoms with Gasteiger partial charge in [-0.1, -0.05) is 24.3 Å². The van der Waals surface area contributed by atoms with Crippen LogP contribution in [0.4, 0.5) is 0 Å². The van der Waals surface area contributed by atoms with Gasteiger partial charge in [-0.25, -0.2) is 0 Å². The number of benzene rings is 1. The summed E-state index contributed by atoms with van der Waals surface area (Å²) in [7, 11) is 0. The molecule has 0 fully saturated rings. The number of pyridine rings is 1. The second-order valence-corrected chi connectivity index (χ2v) is 3.95. The van der Waals surface area contributed by atoms with E-state index in [1.807, 2.05) is 36.4 Å². The number of nitrogens with one attached hydrogen (secondary N) is 1. The molecule has 0 unspecified atom stereocenters. The summed E-state index contributed by atoms with van der Waals surface area (Å²) >= 11 is 0. The highest BCUT2D eigenvalue weighted by atomic mass is 16.1. The molecule has 0 aliphatic heterocycles. The average molecular weight is 238 g/mol. The monoisotopic (exact) mass is 238 g/mol. The van der Waals surface area contributed by atoms with E-state index in [1.165, 1.54) is 6.20 Å². The Hall–Kier alpha value is -2.56. The number of ketones is 1. The van der Waals surface area contributed by atoms with Gasteiger partial charge in [0, 0.05) is 11.1 Å². The third kappa shape index (κ3) is 1.98. The Balaban J connectivity index is 1.89. The van der Waals surface area contributed by atoms with E-state index in [4.69, 9.17) is 0 Å². The van der Waals surface area contributed by atoms with Crippen molar-refractivity contribution in [1.82, 2.24) is 20.4 Å². The number of H-pyrrole nitrogens is 1. The summed E-state index contributed by atoms with van der Waals surface area (Å²) in [5.74, 6) is -0.0912. The van der Waals surface area contributed by atoms with Gasteiger partial charge in [0.25, 0.3) is 0 Å². The van der Waals surface area contributed by atoms with E-state index in [9.17, 15) is 4.79 Å². The second kappa shape index (κ2) is 4.37. The molecule has 0 spiro atoms. The van der Waals surface area contributed by atoms with E-state index in [0.29, 0.717) is 5.69 Å². The van der Waals surface area contributed by atoms with Gasteiger partial charge < -0.3 is 0 Å². The Morgan fingerprint density at radius 1 is 1.17 bits per heavy atom. The fourth-order valence-corrected chi connectivity index (χ4v) is 1.80. The van der Waals surface area contributed by atoms with Crippen LogP contribution in [0, 0.1) is 0 Å². The lowest BCUT2D eigenvalue weighted by atomic mass is 10.1. The van der Waals surface area contributed by atoms with Crippen molar-refractivity contribution < 1.29 is 4.79 Å². The van der Waals surface area contributed by atoms with E-state index < -0.39 is 0 Å². The summed E-state index contributed by atoms with van der Waals surface area (Å²) in [6, 6.07) is 11.6. The summed E-state index contributed by atoms with van der Waals surface area (Å²) in [5.41, 5.74) is 1.97. The van der Waals surface area contributed by atoms with Crippen molar-refractivity contribution in [1.29, 1.82) is 0 Å². The average Bonchev–Trinajstić information content (AvgIpc) is 2.92. The van der Waals surface area contributed by atoms with Gasteiger partial charge in [0.05, 0.1) is 18.1 Å². The number of rotatable bonds is 3. The molecule has 18 heavy (non-hydrogen) atoms. The number of hydrogen-bond acceptors (Lipinski definition) is 4.